The summed E-state index contributed by atoms with van der Waals surface area (Å²) in [6, 6.07) is 1.86. The maximum Gasteiger partial charge on any atom is 0.254 e. The number of nitrogens with two attached hydrogens (primary N) is 1. The molecule has 1 heterocycles. The fraction of sp³-hybridized carbons (Fsp3) is 0.444. The Labute approximate surface area is 81.9 Å². The molecule has 13 heavy (non-hydrogen) atoms. The zero-order valence-electron chi connectivity index (χ0n) is 8.05. The summed E-state index contributed by atoms with van der Waals surface area (Å²) >= 11 is 1.48. The van der Waals surface area contributed by atoms with Crippen LogP contribution in [-0.4, -0.2) is 13.0 Å². The van der Waals surface area contributed by atoms with E-state index in [4.69, 9.17) is 5.73 Å². The smallest absolute Gasteiger partial charge is 0.254 e. The van der Waals surface area contributed by atoms with Crippen molar-refractivity contribution in [1.82, 2.24) is 5.32 Å². The number of anilines is 1. The van der Waals surface area contributed by atoms with Crippen molar-refractivity contribution in [3.8, 4) is 0 Å². The van der Waals surface area contributed by atoms with Crippen LogP contribution < -0.4 is 11.1 Å². The van der Waals surface area contributed by atoms with E-state index in [2.05, 4.69) is 19.2 Å². The van der Waals surface area contributed by atoms with Gasteiger partial charge in [0.15, 0.2) is 0 Å². The first-order chi connectivity index (χ1) is 6.06. The minimum Gasteiger partial charge on any atom is -0.390 e. The van der Waals surface area contributed by atoms with Gasteiger partial charge in [-0.1, -0.05) is 13.8 Å². The summed E-state index contributed by atoms with van der Waals surface area (Å²) in [6.07, 6.45) is 0. The monoisotopic (exact) mass is 198 g/mol. The highest BCUT2D eigenvalue weighted by molar-refractivity contribution is 7.16. The summed E-state index contributed by atoms with van der Waals surface area (Å²) in [5.74, 6) is 0.311. The number of hydrogen-bond donors (Lipinski definition) is 2. The summed E-state index contributed by atoms with van der Waals surface area (Å²) in [6.45, 7) is 4.16. The van der Waals surface area contributed by atoms with Gasteiger partial charge in [0.2, 0.25) is 0 Å². The molecule has 0 saturated carbocycles. The minimum absolute atomic E-state index is 0.111. The van der Waals surface area contributed by atoms with Gasteiger partial charge in [0.1, 0.15) is 0 Å². The molecule has 0 aromatic carbocycles. The summed E-state index contributed by atoms with van der Waals surface area (Å²) in [4.78, 5) is 12.4. The highest BCUT2D eigenvalue weighted by atomic mass is 32.1. The third-order valence-electron chi connectivity index (χ3n) is 1.82. The number of thiophene rings is 1. The molecule has 0 aliphatic carbocycles. The zero-order valence-corrected chi connectivity index (χ0v) is 8.87. The van der Waals surface area contributed by atoms with E-state index < -0.39 is 0 Å². The second-order valence-electron chi connectivity index (χ2n) is 3.16. The molecule has 0 bridgehead atoms. The number of amides is 1. The molecule has 1 aromatic rings. The lowest BCUT2D eigenvalue weighted by molar-refractivity contribution is 0.0964. The van der Waals surface area contributed by atoms with Crippen LogP contribution >= 0.6 is 11.3 Å². The molecule has 0 aliphatic heterocycles. The summed E-state index contributed by atoms with van der Waals surface area (Å²) in [5, 5.41) is 3.16. The minimum atomic E-state index is -0.111. The van der Waals surface area contributed by atoms with E-state index in [1.807, 2.05) is 6.07 Å². The molecule has 0 radical (unpaired) electrons. The van der Waals surface area contributed by atoms with Crippen LogP contribution in [0.15, 0.2) is 6.07 Å². The Morgan fingerprint density at radius 3 is 2.62 bits per heavy atom. The molecule has 3 N–H and O–H groups in total. The molecule has 72 valence electrons. The molecule has 0 atom stereocenters. The second-order valence-corrected chi connectivity index (χ2v) is 4.28. The summed E-state index contributed by atoms with van der Waals surface area (Å²) in [5.41, 5.74) is 6.31. The standard InChI is InChI=1S/C9H14N2OS/c1-5(2)7-4-6(8(10)13-7)9(12)11-3/h4-5H,10H2,1-3H3,(H,11,12). The molecule has 0 spiro atoms. The molecule has 0 saturated heterocycles. The molecular weight excluding hydrogens is 184 g/mol. The molecule has 3 nitrogen and oxygen atoms in total. The van der Waals surface area contributed by atoms with Crippen molar-refractivity contribution in [3.63, 3.8) is 0 Å². The molecular formula is C9H14N2OS. The van der Waals surface area contributed by atoms with Gasteiger partial charge in [0.05, 0.1) is 10.6 Å². The van der Waals surface area contributed by atoms with E-state index in [0.717, 1.165) is 4.88 Å². The van der Waals surface area contributed by atoms with Crippen molar-refractivity contribution in [2.24, 2.45) is 0 Å². The van der Waals surface area contributed by atoms with Crippen LogP contribution in [0.3, 0.4) is 0 Å². The zero-order chi connectivity index (χ0) is 10.0. The Bertz CT molecular complexity index is 317. The maximum atomic E-state index is 11.3. The molecule has 0 aliphatic rings. The Morgan fingerprint density at radius 2 is 2.23 bits per heavy atom. The number of rotatable bonds is 2. The Balaban J connectivity index is 3.03. The van der Waals surface area contributed by atoms with Crippen LogP contribution in [0.25, 0.3) is 0 Å². The van der Waals surface area contributed by atoms with Gasteiger partial charge < -0.3 is 11.1 Å². The molecule has 1 amide bonds. The number of nitrogen functional groups attached to an aromatic ring is 1. The lowest BCUT2D eigenvalue weighted by Gasteiger charge is -1.97. The van der Waals surface area contributed by atoms with Crippen LogP contribution in [-0.2, 0) is 0 Å². The van der Waals surface area contributed by atoms with Gasteiger partial charge in [-0.25, -0.2) is 0 Å². The third kappa shape index (κ3) is 2.01. The number of nitrogens with one attached hydrogen (secondary N) is 1. The quantitative estimate of drug-likeness (QED) is 0.761. The topological polar surface area (TPSA) is 55.1 Å². The maximum absolute atomic E-state index is 11.3. The van der Waals surface area contributed by atoms with Gasteiger partial charge in [0, 0.05) is 11.9 Å². The van der Waals surface area contributed by atoms with Crippen molar-refractivity contribution in [2.45, 2.75) is 19.8 Å². The Morgan fingerprint density at radius 1 is 1.62 bits per heavy atom. The average molecular weight is 198 g/mol. The highest BCUT2D eigenvalue weighted by Crippen LogP contribution is 2.30. The van der Waals surface area contributed by atoms with E-state index in [0.29, 0.717) is 16.5 Å². The molecule has 4 heteroatoms. The normalized spacial score (nSPS) is 10.5. The number of hydrogen-bond acceptors (Lipinski definition) is 3. The van der Waals surface area contributed by atoms with Crippen molar-refractivity contribution in [3.05, 3.63) is 16.5 Å². The van der Waals surface area contributed by atoms with Crippen molar-refractivity contribution < 1.29 is 4.79 Å². The summed E-state index contributed by atoms with van der Waals surface area (Å²) < 4.78 is 0. The van der Waals surface area contributed by atoms with Crippen molar-refractivity contribution in [2.75, 3.05) is 12.8 Å². The lowest BCUT2D eigenvalue weighted by Crippen LogP contribution is -2.18. The van der Waals surface area contributed by atoms with Crippen LogP contribution in [0.4, 0.5) is 5.00 Å². The molecule has 0 unspecified atom stereocenters. The van der Waals surface area contributed by atoms with Crippen molar-refractivity contribution >= 4 is 22.2 Å². The lowest BCUT2D eigenvalue weighted by atomic mass is 10.1. The first-order valence-corrected chi connectivity index (χ1v) is 4.99. The van der Waals surface area contributed by atoms with Crippen molar-refractivity contribution in [1.29, 1.82) is 0 Å². The van der Waals surface area contributed by atoms with Crippen LogP contribution in [0.5, 0.6) is 0 Å². The van der Waals surface area contributed by atoms with E-state index >= 15 is 0 Å². The number of carbonyl (C=O) groups excluding carboxylic acids is 1. The first-order valence-electron chi connectivity index (χ1n) is 4.17. The van der Waals surface area contributed by atoms with Gasteiger partial charge in [0.25, 0.3) is 5.91 Å². The SMILES string of the molecule is CNC(=O)c1cc(C(C)C)sc1N. The Hall–Kier alpha value is -1.03. The van der Waals surface area contributed by atoms with Gasteiger partial charge in [-0.3, -0.25) is 4.79 Å². The van der Waals surface area contributed by atoms with E-state index in [1.165, 1.54) is 11.3 Å². The Kier molecular flexibility index (Phi) is 2.93. The molecule has 1 aromatic heterocycles. The molecule has 0 fully saturated rings. The largest absolute Gasteiger partial charge is 0.390 e. The van der Waals surface area contributed by atoms with Crippen LogP contribution in [0, 0.1) is 0 Å². The first kappa shape index (κ1) is 10.1. The predicted molar refractivity (Wildman–Crippen MR) is 56.2 cm³/mol. The third-order valence-corrected chi connectivity index (χ3v) is 3.09. The predicted octanol–water partition coefficient (Wildman–Crippen LogP) is 1.81. The van der Waals surface area contributed by atoms with Crippen LogP contribution in [0.1, 0.15) is 35.0 Å². The second kappa shape index (κ2) is 3.79. The average Bonchev–Trinajstić information content (AvgIpc) is 2.46. The van der Waals surface area contributed by atoms with Gasteiger partial charge in [-0.2, -0.15) is 0 Å². The highest BCUT2D eigenvalue weighted by Gasteiger charge is 2.13. The van der Waals surface area contributed by atoms with E-state index in [-0.39, 0.29) is 5.91 Å². The van der Waals surface area contributed by atoms with E-state index in [9.17, 15) is 4.79 Å². The fourth-order valence-electron chi connectivity index (χ4n) is 1.02. The van der Waals surface area contributed by atoms with Crippen LogP contribution in [0.2, 0.25) is 0 Å². The van der Waals surface area contributed by atoms with Gasteiger partial charge >= 0.3 is 0 Å². The molecule has 1 rings (SSSR count). The summed E-state index contributed by atoms with van der Waals surface area (Å²) in [7, 11) is 1.61. The van der Waals surface area contributed by atoms with Gasteiger partial charge in [-0.05, 0) is 12.0 Å². The van der Waals surface area contributed by atoms with E-state index in [1.54, 1.807) is 7.05 Å². The fourth-order valence-corrected chi connectivity index (χ4v) is 1.95. The van der Waals surface area contributed by atoms with Gasteiger partial charge in [-0.15, -0.1) is 11.3 Å². The number of carbonyl (C=O) groups is 1.